The van der Waals surface area contributed by atoms with E-state index in [0.29, 0.717) is 18.9 Å². The number of carbonyl (C=O) groups excluding carboxylic acids is 2. The molecule has 3 heteroatoms. The number of benzene rings is 1. The number of ketones is 1. The SMILES string of the molecule is CC.CC(=O)CC1c2cc(C)ccc2C(=O)N1CC(C)C. The number of hydrogen-bond donors (Lipinski definition) is 0. The minimum atomic E-state index is -0.0812. The van der Waals surface area contributed by atoms with E-state index in [0.717, 1.165) is 16.7 Å². The van der Waals surface area contributed by atoms with Crippen molar-refractivity contribution in [2.75, 3.05) is 6.54 Å². The average Bonchev–Trinajstić information content (AvgIpc) is 2.65. The second-order valence-electron chi connectivity index (χ2n) is 5.86. The summed E-state index contributed by atoms with van der Waals surface area (Å²) in [5.74, 6) is 0.588. The number of aryl methyl sites for hydroxylation is 1. The Labute approximate surface area is 128 Å². The summed E-state index contributed by atoms with van der Waals surface area (Å²) in [7, 11) is 0. The summed E-state index contributed by atoms with van der Waals surface area (Å²) < 4.78 is 0. The van der Waals surface area contributed by atoms with Crippen molar-refractivity contribution >= 4 is 11.7 Å². The summed E-state index contributed by atoms with van der Waals surface area (Å²) in [6.45, 7) is 12.5. The largest absolute Gasteiger partial charge is 0.331 e. The summed E-state index contributed by atoms with van der Waals surface area (Å²) in [6, 6.07) is 5.81. The van der Waals surface area contributed by atoms with Gasteiger partial charge in [0.2, 0.25) is 0 Å². The van der Waals surface area contributed by atoms with Gasteiger partial charge in [-0.2, -0.15) is 0 Å². The molecule has 0 aliphatic carbocycles. The molecule has 1 aliphatic rings. The molecule has 0 radical (unpaired) electrons. The van der Waals surface area contributed by atoms with E-state index in [-0.39, 0.29) is 17.7 Å². The van der Waals surface area contributed by atoms with Gasteiger partial charge in [-0.05, 0) is 31.4 Å². The second kappa shape index (κ2) is 7.39. The highest BCUT2D eigenvalue weighted by molar-refractivity contribution is 6.00. The zero-order chi connectivity index (χ0) is 16.2. The molecule has 0 aromatic heterocycles. The van der Waals surface area contributed by atoms with Gasteiger partial charge >= 0.3 is 0 Å². The molecule has 1 aromatic rings. The van der Waals surface area contributed by atoms with Crippen molar-refractivity contribution in [1.82, 2.24) is 4.90 Å². The van der Waals surface area contributed by atoms with Gasteiger partial charge in [-0.25, -0.2) is 0 Å². The Morgan fingerprint density at radius 2 is 1.90 bits per heavy atom. The molecule has 1 heterocycles. The topological polar surface area (TPSA) is 37.4 Å². The second-order valence-corrected chi connectivity index (χ2v) is 5.86. The number of nitrogens with zero attached hydrogens (tertiary/aromatic N) is 1. The summed E-state index contributed by atoms with van der Waals surface area (Å²) in [4.78, 5) is 25.8. The molecule has 1 aliphatic heterocycles. The summed E-state index contributed by atoms with van der Waals surface area (Å²) in [5, 5.41) is 0. The smallest absolute Gasteiger partial charge is 0.254 e. The maximum atomic E-state index is 12.5. The van der Waals surface area contributed by atoms with Crippen LogP contribution in [0.25, 0.3) is 0 Å². The van der Waals surface area contributed by atoms with Gasteiger partial charge in [0.1, 0.15) is 5.78 Å². The van der Waals surface area contributed by atoms with Gasteiger partial charge in [0.25, 0.3) is 5.91 Å². The number of Topliss-reactive ketones (excluding diaryl/α,β-unsaturated/α-hetero) is 1. The molecule has 0 saturated heterocycles. The zero-order valence-corrected chi connectivity index (χ0v) is 14.1. The van der Waals surface area contributed by atoms with Gasteiger partial charge < -0.3 is 4.90 Å². The quantitative estimate of drug-likeness (QED) is 0.835. The van der Waals surface area contributed by atoms with Crippen LogP contribution in [0.4, 0.5) is 0 Å². The fourth-order valence-corrected chi connectivity index (χ4v) is 2.71. The van der Waals surface area contributed by atoms with Crippen molar-refractivity contribution in [1.29, 1.82) is 0 Å². The lowest BCUT2D eigenvalue weighted by Gasteiger charge is -2.26. The molecule has 1 amide bonds. The number of rotatable bonds is 4. The van der Waals surface area contributed by atoms with E-state index in [9.17, 15) is 9.59 Å². The fourth-order valence-electron chi connectivity index (χ4n) is 2.71. The van der Waals surface area contributed by atoms with E-state index in [1.54, 1.807) is 6.92 Å². The third kappa shape index (κ3) is 3.93. The Balaban J connectivity index is 0.00000106. The third-order valence-electron chi connectivity index (χ3n) is 3.48. The highest BCUT2D eigenvalue weighted by Crippen LogP contribution is 2.37. The predicted octanol–water partition coefficient (Wildman–Crippen LogP) is 4.15. The van der Waals surface area contributed by atoms with Crippen LogP contribution in [0.3, 0.4) is 0 Å². The molecule has 0 bridgehead atoms. The molecule has 1 atom stereocenters. The molecule has 0 spiro atoms. The maximum absolute atomic E-state index is 12.5. The first-order valence-electron chi connectivity index (χ1n) is 7.81. The lowest BCUT2D eigenvalue weighted by atomic mass is 9.98. The van der Waals surface area contributed by atoms with Gasteiger partial charge in [-0.3, -0.25) is 9.59 Å². The normalized spacial score (nSPS) is 16.6. The van der Waals surface area contributed by atoms with E-state index >= 15 is 0 Å². The predicted molar refractivity (Wildman–Crippen MR) is 86.4 cm³/mol. The zero-order valence-electron chi connectivity index (χ0n) is 14.1. The van der Waals surface area contributed by atoms with E-state index in [1.165, 1.54) is 0 Å². The molecule has 116 valence electrons. The van der Waals surface area contributed by atoms with Gasteiger partial charge in [0.15, 0.2) is 0 Å². The highest BCUT2D eigenvalue weighted by Gasteiger charge is 2.37. The Hall–Kier alpha value is -1.64. The number of fused-ring (bicyclic) bond motifs is 1. The van der Waals surface area contributed by atoms with E-state index < -0.39 is 0 Å². The Kier molecular flexibility index (Phi) is 6.13. The number of amides is 1. The van der Waals surface area contributed by atoms with Crippen LogP contribution in [0.2, 0.25) is 0 Å². The van der Waals surface area contributed by atoms with Crippen molar-refractivity contribution < 1.29 is 9.59 Å². The Bertz CT molecular complexity index is 520. The first-order valence-corrected chi connectivity index (χ1v) is 7.81. The molecule has 0 saturated carbocycles. The minimum absolute atomic E-state index is 0.0648. The molecule has 3 nitrogen and oxygen atoms in total. The van der Waals surface area contributed by atoms with Gasteiger partial charge in [0, 0.05) is 18.5 Å². The average molecular weight is 289 g/mol. The van der Waals surface area contributed by atoms with Gasteiger partial charge in [-0.15, -0.1) is 0 Å². The van der Waals surface area contributed by atoms with Crippen LogP contribution >= 0.6 is 0 Å². The number of carbonyl (C=O) groups is 2. The molecule has 1 aromatic carbocycles. The molecule has 1 unspecified atom stereocenters. The van der Waals surface area contributed by atoms with Crippen LogP contribution in [0.1, 0.15) is 68.6 Å². The lowest BCUT2D eigenvalue weighted by molar-refractivity contribution is -0.118. The van der Waals surface area contributed by atoms with Gasteiger partial charge in [0.05, 0.1) is 6.04 Å². The van der Waals surface area contributed by atoms with Crippen LogP contribution < -0.4 is 0 Å². The third-order valence-corrected chi connectivity index (χ3v) is 3.48. The van der Waals surface area contributed by atoms with Crippen LogP contribution in [0.5, 0.6) is 0 Å². The Morgan fingerprint density at radius 3 is 2.43 bits per heavy atom. The first kappa shape index (κ1) is 17.4. The van der Waals surface area contributed by atoms with Crippen molar-refractivity contribution in [2.45, 2.75) is 54.0 Å². The molecule has 21 heavy (non-hydrogen) atoms. The van der Waals surface area contributed by atoms with E-state index in [2.05, 4.69) is 13.8 Å². The van der Waals surface area contributed by atoms with Crippen LogP contribution in [0, 0.1) is 12.8 Å². The van der Waals surface area contributed by atoms with Crippen LogP contribution in [-0.2, 0) is 4.79 Å². The van der Waals surface area contributed by atoms with Crippen molar-refractivity contribution in [3.8, 4) is 0 Å². The van der Waals surface area contributed by atoms with Crippen LogP contribution in [-0.4, -0.2) is 23.1 Å². The maximum Gasteiger partial charge on any atom is 0.254 e. The first-order chi connectivity index (χ1) is 9.90. The van der Waals surface area contributed by atoms with Crippen molar-refractivity contribution in [3.05, 3.63) is 34.9 Å². The molecule has 0 fully saturated rings. The molecular weight excluding hydrogens is 262 g/mol. The minimum Gasteiger partial charge on any atom is -0.331 e. The van der Waals surface area contributed by atoms with E-state index in [1.807, 2.05) is 43.9 Å². The van der Waals surface area contributed by atoms with Crippen LogP contribution in [0.15, 0.2) is 18.2 Å². The van der Waals surface area contributed by atoms with Crippen molar-refractivity contribution in [3.63, 3.8) is 0 Å². The van der Waals surface area contributed by atoms with E-state index in [4.69, 9.17) is 0 Å². The Morgan fingerprint density at radius 1 is 1.29 bits per heavy atom. The van der Waals surface area contributed by atoms with Gasteiger partial charge in [-0.1, -0.05) is 45.4 Å². The molecule has 0 N–H and O–H groups in total. The highest BCUT2D eigenvalue weighted by atomic mass is 16.2. The fraction of sp³-hybridized carbons (Fsp3) is 0.556. The van der Waals surface area contributed by atoms with Crippen molar-refractivity contribution in [2.24, 2.45) is 5.92 Å². The monoisotopic (exact) mass is 289 g/mol. The standard InChI is InChI=1S/C16H21NO2.C2H6/c1-10(2)9-17-15(8-12(4)18)14-7-11(3)5-6-13(14)16(17)19;1-2/h5-7,10,15H,8-9H2,1-4H3;1-2H3. The summed E-state index contributed by atoms with van der Waals surface area (Å²) in [5.41, 5.74) is 2.91. The molecular formula is C18H27NO2. The summed E-state index contributed by atoms with van der Waals surface area (Å²) >= 11 is 0. The number of hydrogen-bond acceptors (Lipinski definition) is 2. The lowest BCUT2D eigenvalue weighted by Crippen LogP contribution is -2.32. The summed E-state index contributed by atoms with van der Waals surface area (Å²) in [6.07, 6.45) is 0.412. The molecule has 2 rings (SSSR count).